The molecule has 2 amide bonds. The van der Waals surface area contributed by atoms with Crippen LogP contribution in [0.25, 0.3) is 10.8 Å². The smallest absolute Gasteiger partial charge is 0.329 e. The summed E-state index contributed by atoms with van der Waals surface area (Å²) in [6.45, 7) is 0. The SMILES string of the molecule is COc1ccc(/C=N/NC(=O)C(=O)Nc2cccc3ccccc23)c(OC)c1OC. The minimum absolute atomic E-state index is 0.384. The molecule has 0 radical (unpaired) electrons. The van der Waals surface area contributed by atoms with Gasteiger partial charge in [0, 0.05) is 16.6 Å². The zero-order valence-electron chi connectivity index (χ0n) is 16.8. The van der Waals surface area contributed by atoms with Crippen LogP contribution in [-0.4, -0.2) is 39.4 Å². The van der Waals surface area contributed by atoms with E-state index in [-0.39, 0.29) is 0 Å². The molecule has 0 saturated carbocycles. The largest absolute Gasteiger partial charge is 0.493 e. The van der Waals surface area contributed by atoms with E-state index in [2.05, 4.69) is 15.8 Å². The number of nitrogens with one attached hydrogen (secondary N) is 2. The van der Waals surface area contributed by atoms with Crippen LogP contribution in [0, 0.1) is 0 Å². The van der Waals surface area contributed by atoms with Crippen molar-refractivity contribution in [3.8, 4) is 17.2 Å². The molecule has 0 bridgehead atoms. The second-order valence-electron chi connectivity index (χ2n) is 6.10. The number of hydrogen-bond acceptors (Lipinski definition) is 6. The normalized spacial score (nSPS) is 10.6. The summed E-state index contributed by atoms with van der Waals surface area (Å²) in [6, 6.07) is 16.4. The fraction of sp³-hybridized carbons (Fsp3) is 0.136. The monoisotopic (exact) mass is 407 g/mol. The Morgan fingerprint density at radius 1 is 0.833 bits per heavy atom. The maximum absolute atomic E-state index is 12.2. The van der Waals surface area contributed by atoms with Crippen LogP contribution in [0.1, 0.15) is 5.56 Å². The maximum Gasteiger partial charge on any atom is 0.329 e. The van der Waals surface area contributed by atoms with E-state index in [9.17, 15) is 9.59 Å². The molecular weight excluding hydrogens is 386 g/mol. The molecule has 0 aliphatic carbocycles. The highest BCUT2D eigenvalue weighted by Gasteiger charge is 2.16. The van der Waals surface area contributed by atoms with Gasteiger partial charge in [-0.05, 0) is 23.6 Å². The first-order valence-corrected chi connectivity index (χ1v) is 9.00. The van der Waals surface area contributed by atoms with Crippen molar-refractivity contribution in [1.82, 2.24) is 5.43 Å². The van der Waals surface area contributed by atoms with Crippen LogP contribution < -0.4 is 25.0 Å². The number of anilines is 1. The molecular formula is C22H21N3O5. The summed E-state index contributed by atoms with van der Waals surface area (Å²) in [7, 11) is 4.48. The zero-order valence-corrected chi connectivity index (χ0v) is 16.8. The molecule has 8 heteroatoms. The van der Waals surface area contributed by atoms with Crippen LogP contribution >= 0.6 is 0 Å². The third-order valence-electron chi connectivity index (χ3n) is 4.35. The number of hydrazone groups is 1. The molecule has 0 saturated heterocycles. The van der Waals surface area contributed by atoms with Crippen molar-refractivity contribution in [2.75, 3.05) is 26.6 Å². The number of rotatable bonds is 6. The number of nitrogens with zero attached hydrogens (tertiary/aromatic N) is 1. The average Bonchev–Trinajstić information content (AvgIpc) is 2.78. The molecule has 0 spiro atoms. The van der Waals surface area contributed by atoms with Gasteiger partial charge >= 0.3 is 11.8 Å². The van der Waals surface area contributed by atoms with Crippen molar-refractivity contribution < 1.29 is 23.8 Å². The van der Waals surface area contributed by atoms with Crippen molar-refractivity contribution in [1.29, 1.82) is 0 Å². The molecule has 0 unspecified atom stereocenters. The van der Waals surface area contributed by atoms with Crippen molar-refractivity contribution in [2.24, 2.45) is 5.10 Å². The molecule has 2 N–H and O–H groups in total. The highest BCUT2D eigenvalue weighted by Crippen LogP contribution is 2.38. The Labute approximate surface area is 173 Å². The Morgan fingerprint density at radius 3 is 2.30 bits per heavy atom. The molecule has 3 rings (SSSR count). The predicted molar refractivity (Wildman–Crippen MR) is 114 cm³/mol. The van der Waals surface area contributed by atoms with Gasteiger partial charge in [-0.1, -0.05) is 36.4 Å². The van der Waals surface area contributed by atoms with E-state index in [0.29, 0.717) is 28.5 Å². The van der Waals surface area contributed by atoms with Gasteiger partial charge in [0.15, 0.2) is 11.5 Å². The van der Waals surface area contributed by atoms with E-state index in [1.807, 2.05) is 30.3 Å². The highest BCUT2D eigenvalue weighted by molar-refractivity contribution is 6.40. The Kier molecular flexibility index (Phi) is 6.49. The lowest BCUT2D eigenvalue weighted by atomic mass is 10.1. The van der Waals surface area contributed by atoms with Crippen molar-refractivity contribution in [3.63, 3.8) is 0 Å². The lowest BCUT2D eigenvalue weighted by Crippen LogP contribution is -2.32. The first-order chi connectivity index (χ1) is 14.6. The van der Waals surface area contributed by atoms with Crippen molar-refractivity contribution in [3.05, 3.63) is 60.2 Å². The zero-order chi connectivity index (χ0) is 21.5. The van der Waals surface area contributed by atoms with E-state index < -0.39 is 11.8 Å². The summed E-state index contributed by atoms with van der Waals surface area (Å²) >= 11 is 0. The number of ether oxygens (including phenoxy) is 3. The lowest BCUT2D eigenvalue weighted by Gasteiger charge is -2.13. The van der Waals surface area contributed by atoms with Gasteiger partial charge in [-0.3, -0.25) is 9.59 Å². The summed E-state index contributed by atoms with van der Waals surface area (Å²) in [4.78, 5) is 24.4. The molecule has 0 aliphatic heterocycles. The number of methoxy groups -OCH3 is 3. The van der Waals surface area contributed by atoms with Gasteiger partial charge in [0.2, 0.25) is 5.75 Å². The molecule has 0 aliphatic rings. The van der Waals surface area contributed by atoms with Crippen molar-refractivity contribution >= 4 is 34.5 Å². The topological polar surface area (TPSA) is 98.2 Å². The van der Waals surface area contributed by atoms with Gasteiger partial charge in [0.1, 0.15) is 0 Å². The van der Waals surface area contributed by atoms with Gasteiger partial charge in [0.25, 0.3) is 0 Å². The van der Waals surface area contributed by atoms with E-state index >= 15 is 0 Å². The standard InChI is InChI=1S/C22H21N3O5/c1-28-18-12-11-15(19(29-2)20(18)30-3)13-23-25-22(27)21(26)24-17-10-6-8-14-7-4-5-9-16(14)17/h4-13H,1-3H3,(H,24,26)(H,25,27)/b23-13+. The molecule has 30 heavy (non-hydrogen) atoms. The molecule has 8 nitrogen and oxygen atoms in total. The molecule has 0 heterocycles. The third-order valence-corrected chi connectivity index (χ3v) is 4.35. The summed E-state index contributed by atoms with van der Waals surface area (Å²) in [5, 5.41) is 8.23. The van der Waals surface area contributed by atoms with Gasteiger partial charge in [-0.15, -0.1) is 0 Å². The first kappa shape index (κ1) is 20.7. The van der Waals surface area contributed by atoms with Crippen LogP contribution in [0.5, 0.6) is 17.2 Å². The molecule has 3 aromatic carbocycles. The first-order valence-electron chi connectivity index (χ1n) is 9.00. The second kappa shape index (κ2) is 9.42. The Hall–Kier alpha value is -4.07. The summed E-state index contributed by atoms with van der Waals surface area (Å²) < 4.78 is 15.9. The van der Waals surface area contributed by atoms with Gasteiger partial charge < -0.3 is 19.5 Å². The summed E-state index contributed by atoms with van der Waals surface area (Å²) in [5.41, 5.74) is 3.28. The van der Waals surface area contributed by atoms with Gasteiger partial charge in [-0.25, -0.2) is 5.43 Å². The number of amides is 2. The Morgan fingerprint density at radius 2 is 1.57 bits per heavy atom. The number of benzene rings is 3. The van der Waals surface area contributed by atoms with E-state index in [0.717, 1.165) is 10.8 Å². The Balaban J connectivity index is 1.71. The minimum Gasteiger partial charge on any atom is -0.493 e. The molecule has 3 aromatic rings. The fourth-order valence-corrected chi connectivity index (χ4v) is 2.95. The highest BCUT2D eigenvalue weighted by atomic mass is 16.5. The predicted octanol–water partition coefficient (Wildman–Crippen LogP) is 2.95. The number of fused-ring (bicyclic) bond motifs is 1. The molecule has 0 atom stereocenters. The second-order valence-corrected chi connectivity index (χ2v) is 6.10. The maximum atomic E-state index is 12.2. The fourth-order valence-electron chi connectivity index (χ4n) is 2.95. The Bertz CT molecular complexity index is 1110. The molecule has 0 aromatic heterocycles. The average molecular weight is 407 g/mol. The quantitative estimate of drug-likeness (QED) is 0.372. The van der Waals surface area contributed by atoms with Crippen LogP contribution in [-0.2, 0) is 9.59 Å². The summed E-state index contributed by atoms with van der Waals surface area (Å²) in [5.74, 6) is -0.467. The van der Waals surface area contributed by atoms with E-state index in [1.165, 1.54) is 27.5 Å². The van der Waals surface area contributed by atoms with Crippen LogP contribution in [0.2, 0.25) is 0 Å². The minimum atomic E-state index is -0.904. The van der Waals surface area contributed by atoms with Crippen LogP contribution in [0.3, 0.4) is 0 Å². The number of hydrogen-bond donors (Lipinski definition) is 2. The van der Waals surface area contributed by atoms with Gasteiger partial charge in [-0.2, -0.15) is 5.10 Å². The van der Waals surface area contributed by atoms with Gasteiger partial charge in [0.05, 0.1) is 27.5 Å². The van der Waals surface area contributed by atoms with Crippen molar-refractivity contribution in [2.45, 2.75) is 0 Å². The molecule has 154 valence electrons. The van der Waals surface area contributed by atoms with Crippen LogP contribution in [0.15, 0.2) is 59.7 Å². The number of carbonyl (C=O) groups excluding carboxylic acids is 2. The number of carbonyl (C=O) groups is 2. The van der Waals surface area contributed by atoms with E-state index in [1.54, 1.807) is 24.3 Å². The summed E-state index contributed by atoms with van der Waals surface area (Å²) in [6.07, 6.45) is 1.35. The lowest BCUT2D eigenvalue weighted by molar-refractivity contribution is -0.136. The molecule has 0 fully saturated rings. The third kappa shape index (κ3) is 4.33. The van der Waals surface area contributed by atoms with Crippen LogP contribution in [0.4, 0.5) is 5.69 Å². The van der Waals surface area contributed by atoms with E-state index in [4.69, 9.17) is 14.2 Å².